The molecule has 1 N–H and O–H groups in total. The van der Waals surface area contributed by atoms with Gasteiger partial charge >= 0.3 is 5.97 Å². The number of aliphatic hydroxyl groups is 1. The maximum Gasteiger partial charge on any atom is 0.332 e. The standard InChI is InChI=1S/C23H29NO8/c1-21-8-5-15(25)11-14(21)3-4-16-17(21)6-9-22(2)18(16)7-10-23(22,28)19(26)12-31-20(27)13-32-24(29)30/h6,11,16,18,28H,3-5,7-10,12-13H2,1-2H3/t16-,18+,21+,22+,23+/m1/s1. The van der Waals surface area contributed by atoms with Crippen LogP contribution in [0.25, 0.3) is 0 Å². The van der Waals surface area contributed by atoms with E-state index in [0.717, 1.165) is 19.3 Å². The Balaban J connectivity index is 1.53. The summed E-state index contributed by atoms with van der Waals surface area (Å²) in [6.07, 6.45) is 8.56. The van der Waals surface area contributed by atoms with Crippen molar-refractivity contribution in [2.75, 3.05) is 13.2 Å². The number of ketones is 2. The monoisotopic (exact) mass is 447 g/mol. The number of esters is 1. The lowest BCUT2D eigenvalue weighted by Gasteiger charge is -2.54. The van der Waals surface area contributed by atoms with E-state index in [4.69, 9.17) is 4.74 Å². The number of carbonyl (C=O) groups is 3. The minimum Gasteiger partial charge on any atom is -0.456 e. The van der Waals surface area contributed by atoms with Gasteiger partial charge in [0.25, 0.3) is 5.09 Å². The van der Waals surface area contributed by atoms with E-state index >= 15 is 0 Å². The van der Waals surface area contributed by atoms with Gasteiger partial charge in [-0.2, -0.15) is 0 Å². The number of hydrogen-bond acceptors (Lipinski definition) is 8. The molecule has 9 nitrogen and oxygen atoms in total. The average Bonchev–Trinajstić information content (AvgIpc) is 3.03. The first kappa shape index (κ1) is 22.6. The lowest BCUT2D eigenvalue weighted by molar-refractivity contribution is -0.754. The van der Waals surface area contributed by atoms with Crippen LogP contribution in [0.15, 0.2) is 23.3 Å². The third-order valence-corrected chi connectivity index (χ3v) is 8.60. The molecule has 0 aromatic carbocycles. The molecule has 4 aliphatic rings. The van der Waals surface area contributed by atoms with Crippen LogP contribution in [0.3, 0.4) is 0 Å². The van der Waals surface area contributed by atoms with Crippen LogP contribution >= 0.6 is 0 Å². The minimum absolute atomic E-state index is 0.112. The van der Waals surface area contributed by atoms with Gasteiger partial charge in [0.1, 0.15) is 5.60 Å². The molecule has 4 rings (SSSR count). The molecule has 0 heterocycles. The van der Waals surface area contributed by atoms with E-state index in [2.05, 4.69) is 17.8 Å². The van der Waals surface area contributed by atoms with Crippen molar-refractivity contribution in [2.24, 2.45) is 22.7 Å². The Morgan fingerprint density at radius 2 is 1.97 bits per heavy atom. The number of fused-ring (bicyclic) bond motifs is 5. The molecular formula is C23H29NO8. The van der Waals surface area contributed by atoms with Crippen LogP contribution in [0.5, 0.6) is 0 Å². The van der Waals surface area contributed by atoms with Crippen molar-refractivity contribution in [1.82, 2.24) is 0 Å². The van der Waals surface area contributed by atoms with Gasteiger partial charge in [-0.3, -0.25) is 9.59 Å². The smallest absolute Gasteiger partial charge is 0.332 e. The predicted molar refractivity (Wildman–Crippen MR) is 111 cm³/mol. The summed E-state index contributed by atoms with van der Waals surface area (Å²) in [5.74, 6) is -1.07. The van der Waals surface area contributed by atoms with Crippen LogP contribution in [-0.2, 0) is 24.0 Å². The van der Waals surface area contributed by atoms with Crippen molar-refractivity contribution in [3.05, 3.63) is 33.4 Å². The molecule has 2 fully saturated rings. The number of rotatable bonds is 6. The van der Waals surface area contributed by atoms with Crippen molar-refractivity contribution in [3.8, 4) is 0 Å². The van der Waals surface area contributed by atoms with Gasteiger partial charge in [-0.15, -0.1) is 10.1 Å². The minimum atomic E-state index is -1.64. The highest BCUT2D eigenvalue weighted by Gasteiger charge is 2.64. The van der Waals surface area contributed by atoms with Crippen LogP contribution in [0.1, 0.15) is 58.8 Å². The summed E-state index contributed by atoms with van der Waals surface area (Å²) in [6, 6.07) is 0. The normalized spacial score (nSPS) is 37.9. The summed E-state index contributed by atoms with van der Waals surface area (Å²) in [4.78, 5) is 50.7. The summed E-state index contributed by atoms with van der Waals surface area (Å²) < 4.78 is 4.83. The largest absolute Gasteiger partial charge is 0.456 e. The Kier molecular flexibility index (Phi) is 5.51. The predicted octanol–water partition coefficient (Wildman–Crippen LogP) is 2.49. The average molecular weight is 447 g/mol. The van der Waals surface area contributed by atoms with E-state index in [-0.39, 0.29) is 29.5 Å². The molecule has 0 spiro atoms. The Bertz CT molecular complexity index is 938. The van der Waals surface area contributed by atoms with Crippen molar-refractivity contribution < 1.29 is 34.2 Å². The number of Topliss-reactive ketones (excluding diaryl/α,β-unsaturated/α-hetero) is 1. The third kappa shape index (κ3) is 3.37. The summed E-state index contributed by atoms with van der Waals surface area (Å²) >= 11 is 0. The molecule has 0 radical (unpaired) electrons. The van der Waals surface area contributed by atoms with E-state index in [9.17, 15) is 29.6 Å². The van der Waals surface area contributed by atoms with Crippen LogP contribution in [0.2, 0.25) is 0 Å². The first-order valence-corrected chi connectivity index (χ1v) is 11.1. The molecule has 4 aliphatic carbocycles. The summed E-state index contributed by atoms with van der Waals surface area (Å²) in [6.45, 7) is 2.60. The Hall–Kier alpha value is -2.55. The van der Waals surface area contributed by atoms with E-state index in [1.54, 1.807) is 0 Å². The van der Waals surface area contributed by atoms with Crippen LogP contribution in [0, 0.1) is 32.8 Å². The molecule has 0 amide bonds. The van der Waals surface area contributed by atoms with Crippen molar-refractivity contribution in [3.63, 3.8) is 0 Å². The number of nitrogens with zero attached hydrogens (tertiary/aromatic N) is 1. The fourth-order valence-electron chi connectivity index (χ4n) is 6.74. The van der Waals surface area contributed by atoms with E-state index in [0.29, 0.717) is 19.3 Å². The quantitative estimate of drug-likeness (QED) is 0.284. The van der Waals surface area contributed by atoms with E-state index < -0.39 is 41.1 Å². The number of hydrogen-bond donors (Lipinski definition) is 1. The van der Waals surface area contributed by atoms with Gasteiger partial charge in [0.15, 0.2) is 19.0 Å². The Morgan fingerprint density at radius 3 is 2.69 bits per heavy atom. The fourth-order valence-corrected chi connectivity index (χ4v) is 6.74. The van der Waals surface area contributed by atoms with Gasteiger partial charge < -0.3 is 14.7 Å². The van der Waals surface area contributed by atoms with Gasteiger partial charge in [0.05, 0.1) is 0 Å². The van der Waals surface area contributed by atoms with Crippen molar-refractivity contribution >= 4 is 17.5 Å². The lowest BCUT2D eigenvalue weighted by Crippen LogP contribution is -2.55. The van der Waals surface area contributed by atoms with E-state index in [1.165, 1.54) is 11.1 Å². The molecule has 9 heteroatoms. The Morgan fingerprint density at radius 1 is 1.22 bits per heavy atom. The topological polar surface area (TPSA) is 133 Å². The van der Waals surface area contributed by atoms with Gasteiger partial charge in [-0.1, -0.05) is 31.1 Å². The highest BCUT2D eigenvalue weighted by atomic mass is 17.0. The summed E-state index contributed by atoms with van der Waals surface area (Å²) in [7, 11) is 0. The second-order valence-corrected chi connectivity index (χ2v) is 9.98. The van der Waals surface area contributed by atoms with Crippen LogP contribution < -0.4 is 0 Å². The summed E-state index contributed by atoms with van der Waals surface area (Å²) in [5.41, 5.74) is 0.0845. The van der Waals surface area contributed by atoms with Crippen molar-refractivity contribution in [1.29, 1.82) is 0 Å². The number of ether oxygens (including phenoxy) is 1. The third-order valence-electron chi connectivity index (χ3n) is 8.60. The molecule has 0 bridgehead atoms. The van der Waals surface area contributed by atoms with Crippen LogP contribution in [0.4, 0.5) is 0 Å². The highest BCUT2D eigenvalue weighted by Crippen LogP contribution is 2.65. The fraction of sp³-hybridized carbons (Fsp3) is 0.696. The molecule has 0 unspecified atom stereocenters. The van der Waals surface area contributed by atoms with Gasteiger partial charge in [-0.05, 0) is 56.4 Å². The highest BCUT2D eigenvalue weighted by molar-refractivity contribution is 5.92. The number of allylic oxidation sites excluding steroid dienone is 4. The lowest BCUT2D eigenvalue weighted by atomic mass is 9.50. The summed E-state index contributed by atoms with van der Waals surface area (Å²) in [5, 5.41) is 20.6. The molecule has 174 valence electrons. The number of carbonyl (C=O) groups excluding carboxylic acids is 3. The zero-order valence-corrected chi connectivity index (χ0v) is 18.4. The van der Waals surface area contributed by atoms with Gasteiger partial charge in [0.2, 0.25) is 5.78 Å². The maximum atomic E-state index is 13.0. The van der Waals surface area contributed by atoms with Crippen LogP contribution in [-0.4, -0.2) is 46.5 Å². The molecule has 2 saturated carbocycles. The van der Waals surface area contributed by atoms with E-state index in [1.807, 2.05) is 13.0 Å². The van der Waals surface area contributed by atoms with Gasteiger partial charge in [-0.25, -0.2) is 4.79 Å². The molecule has 0 aromatic heterocycles. The molecular weight excluding hydrogens is 418 g/mol. The zero-order valence-electron chi connectivity index (χ0n) is 18.4. The van der Waals surface area contributed by atoms with Crippen molar-refractivity contribution in [2.45, 2.75) is 64.4 Å². The molecule has 32 heavy (non-hydrogen) atoms. The Labute approximate surface area is 185 Å². The van der Waals surface area contributed by atoms with Gasteiger partial charge in [0, 0.05) is 17.3 Å². The molecule has 0 aliphatic heterocycles. The maximum absolute atomic E-state index is 13.0. The molecule has 5 atom stereocenters. The first-order chi connectivity index (χ1) is 15.0. The SMILES string of the molecule is C[C@]12CCC(=O)C=C1CC[C@@H]1C2=CC[C@@]2(C)[C@H]1CC[C@]2(O)C(=O)COC(=O)CO[N+](=O)[O-]. The second-order valence-electron chi connectivity index (χ2n) is 9.98. The molecule has 0 aromatic rings. The molecule has 0 saturated heterocycles. The first-order valence-electron chi connectivity index (χ1n) is 11.1. The second kappa shape index (κ2) is 7.79. The zero-order chi connectivity index (χ0) is 23.3.